The summed E-state index contributed by atoms with van der Waals surface area (Å²) in [7, 11) is 0. The largest absolute Gasteiger partial charge is 0.477 e. The Morgan fingerprint density at radius 3 is 2.22 bits per heavy atom. The minimum atomic E-state index is -1.02. The number of hydrogen-bond donors (Lipinski definition) is 1. The van der Waals surface area contributed by atoms with E-state index in [0.717, 1.165) is 48.1 Å². The van der Waals surface area contributed by atoms with E-state index in [1.54, 1.807) is 11.8 Å². The van der Waals surface area contributed by atoms with Gasteiger partial charge in [0.05, 0.1) is 5.69 Å². The van der Waals surface area contributed by atoms with Gasteiger partial charge in [-0.2, -0.15) is 0 Å². The number of amides is 1. The van der Waals surface area contributed by atoms with Crippen molar-refractivity contribution in [2.24, 2.45) is 0 Å². The minimum absolute atomic E-state index is 0.0159. The van der Waals surface area contributed by atoms with Gasteiger partial charge in [0.15, 0.2) is 5.13 Å². The van der Waals surface area contributed by atoms with Crippen LogP contribution in [0.1, 0.15) is 58.1 Å². The fraction of sp³-hybridized carbons (Fsp3) is 0.320. The summed E-state index contributed by atoms with van der Waals surface area (Å²) in [5, 5.41) is 9.84. The Balaban J connectivity index is 1.41. The van der Waals surface area contributed by atoms with Gasteiger partial charge in [0.25, 0.3) is 0 Å². The highest BCUT2D eigenvalue weighted by atomic mass is 32.1. The molecule has 6 nitrogen and oxygen atoms in total. The molecular formula is C25H24N2O4S. The van der Waals surface area contributed by atoms with Gasteiger partial charge in [-0.15, -0.1) is 0 Å². The topological polar surface area (TPSA) is 79.7 Å². The van der Waals surface area contributed by atoms with E-state index in [9.17, 15) is 14.7 Å². The maximum Gasteiger partial charge on any atom is 0.416 e. The van der Waals surface area contributed by atoms with Crippen molar-refractivity contribution in [3.05, 3.63) is 70.2 Å². The third kappa shape index (κ3) is 3.56. The molecule has 0 unspecified atom stereocenters. The van der Waals surface area contributed by atoms with Crippen molar-refractivity contribution < 1.29 is 19.4 Å². The summed E-state index contributed by atoms with van der Waals surface area (Å²) in [6.07, 6.45) is 3.35. The number of carbonyl (C=O) groups excluding carboxylic acids is 1. The van der Waals surface area contributed by atoms with Crippen LogP contribution in [0.4, 0.5) is 9.93 Å². The molecule has 1 N–H and O–H groups in total. The summed E-state index contributed by atoms with van der Waals surface area (Å²) in [4.78, 5) is 31.0. The smallest absolute Gasteiger partial charge is 0.416 e. The molecule has 0 bridgehead atoms. The van der Waals surface area contributed by atoms with Crippen LogP contribution in [0.3, 0.4) is 0 Å². The molecule has 1 saturated carbocycles. The Bertz CT molecular complexity index is 1140. The zero-order valence-electron chi connectivity index (χ0n) is 17.8. The number of fused-ring (bicyclic) bond motifs is 3. The van der Waals surface area contributed by atoms with Crippen LogP contribution < -0.4 is 4.90 Å². The number of nitrogens with zero attached hydrogens (tertiary/aromatic N) is 2. The number of carbonyl (C=O) groups is 2. The lowest BCUT2D eigenvalue weighted by Gasteiger charge is -2.26. The second-order valence-electron chi connectivity index (χ2n) is 8.33. The normalized spacial score (nSPS) is 15.4. The fourth-order valence-electron chi connectivity index (χ4n) is 4.89. The molecule has 32 heavy (non-hydrogen) atoms. The van der Waals surface area contributed by atoms with Crippen LogP contribution in [-0.4, -0.2) is 34.8 Å². The maximum absolute atomic E-state index is 13.3. The summed E-state index contributed by atoms with van der Waals surface area (Å²) < 4.78 is 5.88. The Morgan fingerprint density at radius 2 is 1.66 bits per heavy atom. The Morgan fingerprint density at radius 1 is 1.06 bits per heavy atom. The lowest BCUT2D eigenvalue weighted by molar-refractivity contribution is 0.0701. The quantitative estimate of drug-likeness (QED) is 0.530. The maximum atomic E-state index is 13.3. The second-order valence-corrected chi connectivity index (χ2v) is 9.31. The predicted octanol–water partition coefficient (Wildman–Crippen LogP) is 5.85. The molecular weight excluding hydrogens is 424 g/mol. The molecule has 1 amide bonds. The standard InChI is InChI=1S/C25H24N2O4S/c1-15-22(23(28)29)32-24(26-15)27(16-8-2-3-9-16)25(30)31-14-21-19-12-6-4-10-17(19)18-11-5-7-13-20(18)21/h4-7,10-13,16,21H,2-3,8-9,14H2,1H3,(H,28,29). The molecule has 2 aliphatic rings. The van der Waals surface area contributed by atoms with Gasteiger partial charge in [0.1, 0.15) is 11.5 Å². The summed E-state index contributed by atoms with van der Waals surface area (Å²) in [5.41, 5.74) is 5.10. The van der Waals surface area contributed by atoms with Crippen LogP contribution >= 0.6 is 11.3 Å². The Hall–Kier alpha value is -3.19. The molecule has 1 aromatic heterocycles. The van der Waals surface area contributed by atoms with Crippen LogP contribution in [0.5, 0.6) is 0 Å². The van der Waals surface area contributed by atoms with Gasteiger partial charge in [-0.3, -0.25) is 0 Å². The number of thiazole rings is 1. The third-order valence-electron chi connectivity index (χ3n) is 6.41. The highest BCUT2D eigenvalue weighted by molar-refractivity contribution is 7.17. The first-order valence-corrected chi connectivity index (χ1v) is 11.7. The average Bonchev–Trinajstić information content (AvgIpc) is 3.51. The lowest BCUT2D eigenvalue weighted by Crippen LogP contribution is -2.40. The van der Waals surface area contributed by atoms with Crippen molar-refractivity contribution in [2.75, 3.05) is 11.5 Å². The number of aromatic carboxylic acids is 1. The van der Waals surface area contributed by atoms with E-state index in [0.29, 0.717) is 10.8 Å². The van der Waals surface area contributed by atoms with Gasteiger partial charge in [0, 0.05) is 12.0 Å². The van der Waals surface area contributed by atoms with Crippen molar-refractivity contribution in [3.8, 4) is 11.1 Å². The molecule has 2 aliphatic carbocycles. The van der Waals surface area contributed by atoms with Crippen LogP contribution in [0.25, 0.3) is 11.1 Å². The molecule has 2 aromatic carbocycles. The molecule has 7 heteroatoms. The number of rotatable bonds is 5. The number of aromatic nitrogens is 1. The average molecular weight is 449 g/mol. The van der Waals surface area contributed by atoms with Gasteiger partial charge in [-0.1, -0.05) is 72.7 Å². The SMILES string of the molecule is Cc1nc(N(C(=O)OCC2c3ccccc3-c3ccccc32)C2CCCC2)sc1C(=O)O. The highest BCUT2D eigenvalue weighted by Crippen LogP contribution is 2.44. The number of aryl methyl sites for hydroxylation is 1. The van der Waals surface area contributed by atoms with Crippen molar-refractivity contribution in [2.45, 2.75) is 44.6 Å². The first-order valence-electron chi connectivity index (χ1n) is 10.9. The number of ether oxygens (including phenoxy) is 1. The molecule has 0 spiro atoms. The molecule has 0 radical (unpaired) electrons. The van der Waals surface area contributed by atoms with Crippen LogP contribution in [-0.2, 0) is 4.74 Å². The van der Waals surface area contributed by atoms with E-state index in [1.165, 1.54) is 11.1 Å². The predicted molar refractivity (Wildman–Crippen MR) is 124 cm³/mol. The number of anilines is 1. The molecule has 0 atom stereocenters. The first kappa shape index (κ1) is 20.7. The Labute approximate surface area is 190 Å². The number of benzene rings is 2. The summed E-state index contributed by atoms with van der Waals surface area (Å²) in [6.45, 7) is 1.89. The van der Waals surface area contributed by atoms with Crippen LogP contribution in [0, 0.1) is 6.92 Å². The van der Waals surface area contributed by atoms with Gasteiger partial charge < -0.3 is 9.84 Å². The van der Waals surface area contributed by atoms with Crippen LogP contribution in [0.2, 0.25) is 0 Å². The van der Waals surface area contributed by atoms with E-state index >= 15 is 0 Å². The van der Waals surface area contributed by atoms with Crippen molar-refractivity contribution in [3.63, 3.8) is 0 Å². The molecule has 1 fully saturated rings. The van der Waals surface area contributed by atoms with E-state index in [4.69, 9.17) is 4.74 Å². The fourth-order valence-corrected chi connectivity index (χ4v) is 5.86. The minimum Gasteiger partial charge on any atom is -0.477 e. The number of hydrogen-bond acceptors (Lipinski definition) is 5. The van der Waals surface area contributed by atoms with Crippen LogP contribution in [0.15, 0.2) is 48.5 Å². The molecule has 0 saturated heterocycles. The zero-order valence-corrected chi connectivity index (χ0v) is 18.6. The number of carboxylic acids is 1. The van der Waals surface area contributed by atoms with E-state index in [2.05, 4.69) is 29.2 Å². The van der Waals surface area contributed by atoms with E-state index in [-0.39, 0.29) is 23.4 Å². The van der Waals surface area contributed by atoms with Crippen molar-refractivity contribution in [1.29, 1.82) is 0 Å². The highest BCUT2D eigenvalue weighted by Gasteiger charge is 2.34. The van der Waals surface area contributed by atoms with E-state index in [1.807, 2.05) is 24.3 Å². The molecule has 3 aromatic rings. The van der Waals surface area contributed by atoms with Crippen molar-refractivity contribution in [1.82, 2.24) is 4.98 Å². The molecule has 1 heterocycles. The van der Waals surface area contributed by atoms with Gasteiger partial charge in [0.2, 0.25) is 0 Å². The Kier molecular flexibility index (Phi) is 5.43. The molecule has 0 aliphatic heterocycles. The summed E-state index contributed by atoms with van der Waals surface area (Å²) in [5.74, 6) is -1.05. The first-order chi connectivity index (χ1) is 15.5. The van der Waals surface area contributed by atoms with Crippen molar-refractivity contribution >= 4 is 28.5 Å². The monoisotopic (exact) mass is 448 g/mol. The third-order valence-corrected chi connectivity index (χ3v) is 7.55. The zero-order chi connectivity index (χ0) is 22.2. The van der Waals surface area contributed by atoms with Gasteiger partial charge in [-0.25, -0.2) is 19.5 Å². The molecule has 164 valence electrons. The lowest BCUT2D eigenvalue weighted by atomic mass is 9.98. The number of carboxylic acid groups (broad SMARTS) is 1. The summed E-state index contributed by atoms with van der Waals surface area (Å²) in [6, 6.07) is 16.4. The summed E-state index contributed by atoms with van der Waals surface area (Å²) >= 11 is 1.04. The van der Waals surface area contributed by atoms with Gasteiger partial charge >= 0.3 is 12.1 Å². The van der Waals surface area contributed by atoms with Gasteiger partial charge in [-0.05, 0) is 42.0 Å². The molecule has 5 rings (SSSR count). The second kappa shape index (κ2) is 8.39. The van der Waals surface area contributed by atoms with E-state index < -0.39 is 12.1 Å².